The molecule has 1 atom stereocenters. The van der Waals surface area contributed by atoms with Crippen molar-refractivity contribution in [1.29, 1.82) is 0 Å². The minimum atomic E-state index is -0.351. The van der Waals surface area contributed by atoms with E-state index >= 15 is 0 Å². The number of fused-ring (bicyclic) bond motifs is 9. The molecule has 0 spiro atoms. The summed E-state index contributed by atoms with van der Waals surface area (Å²) in [5.41, 5.74) is 11.6. The lowest BCUT2D eigenvalue weighted by Gasteiger charge is -2.24. The van der Waals surface area contributed by atoms with E-state index in [4.69, 9.17) is 14.4 Å². The smallest absolute Gasteiger partial charge is 0.234 e. The predicted molar refractivity (Wildman–Crippen MR) is 235 cm³/mol. The van der Waals surface area contributed by atoms with E-state index in [1.807, 2.05) is 18.2 Å². The molecule has 8 aromatic carbocycles. The zero-order valence-corrected chi connectivity index (χ0v) is 30.7. The molecule has 11 aromatic rings. The Morgan fingerprint density at radius 1 is 0.421 bits per heavy atom. The number of nitrogens with zero attached hydrogens (tertiary/aromatic N) is 4. The number of para-hydroxylation sites is 4. The van der Waals surface area contributed by atoms with E-state index in [2.05, 4.69) is 184 Å². The molecule has 12 rings (SSSR count). The molecule has 0 saturated carbocycles. The van der Waals surface area contributed by atoms with Crippen molar-refractivity contribution in [2.24, 2.45) is 9.98 Å². The van der Waals surface area contributed by atoms with Crippen LogP contribution in [0.4, 0.5) is 0 Å². The lowest BCUT2D eigenvalue weighted by Crippen LogP contribution is -2.35. The Labute approximate surface area is 327 Å². The summed E-state index contributed by atoms with van der Waals surface area (Å²) < 4.78 is 10.7. The number of hydrogen-bond donors (Lipinski definition) is 1. The maximum atomic E-state index is 6.15. The van der Waals surface area contributed by atoms with Gasteiger partial charge < -0.3 is 14.3 Å². The van der Waals surface area contributed by atoms with Crippen LogP contribution in [-0.4, -0.2) is 20.9 Å². The second-order valence-corrected chi connectivity index (χ2v) is 14.7. The summed E-state index contributed by atoms with van der Waals surface area (Å²) in [6, 6.07) is 66.2. The first-order chi connectivity index (χ1) is 28.2. The molecule has 6 heteroatoms. The van der Waals surface area contributed by atoms with Gasteiger partial charge in [-0.3, -0.25) is 4.57 Å². The molecule has 3 aromatic heterocycles. The summed E-state index contributed by atoms with van der Waals surface area (Å²) in [5, 5.41) is 10.7. The van der Waals surface area contributed by atoms with Crippen LogP contribution in [0, 0.1) is 0 Å². The van der Waals surface area contributed by atoms with Gasteiger partial charge >= 0.3 is 0 Å². The number of aliphatic imine (C=N–C) groups is 2. The Balaban J connectivity index is 1.04. The Morgan fingerprint density at radius 2 is 1.00 bits per heavy atom. The van der Waals surface area contributed by atoms with Crippen LogP contribution in [-0.2, 0) is 0 Å². The molecule has 0 fully saturated rings. The molecule has 0 amide bonds. The van der Waals surface area contributed by atoms with Gasteiger partial charge in [0, 0.05) is 43.6 Å². The fourth-order valence-corrected chi connectivity index (χ4v) is 8.73. The molecule has 0 saturated heterocycles. The second-order valence-electron chi connectivity index (χ2n) is 14.7. The summed E-state index contributed by atoms with van der Waals surface area (Å²) in [6.07, 6.45) is -0.351. The number of nitrogens with one attached hydrogen (secondary N) is 1. The third-order valence-electron chi connectivity index (χ3n) is 11.4. The van der Waals surface area contributed by atoms with Crippen LogP contribution in [0.5, 0.6) is 0 Å². The Hall–Kier alpha value is -7.70. The van der Waals surface area contributed by atoms with E-state index in [1.54, 1.807) is 0 Å². The maximum absolute atomic E-state index is 6.15. The zero-order valence-electron chi connectivity index (χ0n) is 30.7. The molecule has 57 heavy (non-hydrogen) atoms. The van der Waals surface area contributed by atoms with Gasteiger partial charge in [0.25, 0.3) is 0 Å². The van der Waals surface area contributed by atoms with Crippen molar-refractivity contribution in [3.05, 3.63) is 199 Å². The maximum Gasteiger partial charge on any atom is 0.234 e. The van der Waals surface area contributed by atoms with Crippen LogP contribution in [0.3, 0.4) is 0 Å². The van der Waals surface area contributed by atoms with Crippen molar-refractivity contribution in [3.63, 3.8) is 0 Å². The third-order valence-corrected chi connectivity index (χ3v) is 11.4. The summed E-state index contributed by atoms with van der Waals surface area (Å²) >= 11 is 0. The molecule has 1 unspecified atom stereocenters. The average Bonchev–Trinajstić information content (AvgIpc) is 3.94. The Bertz CT molecular complexity index is 3440. The second kappa shape index (κ2) is 12.4. The normalized spacial score (nSPS) is 14.5. The Kier molecular flexibility index (Phi) is 6.89. The van der Waals surface area contributed by atoms with Gasteiger partial charge in [-0.2, -0.15) is 4.99 Å². The van der Waals surface area contributed by atoms with E-state index in [0.717, 1.165) is 83.0 Å². The monoisotopic (exact) mass is 731 g/mol. The summed E-state index contributed by atoms with van der Waals surface area (Å²) in [4.78, 5) is 10.7. The van der Waals surface area contributed by atoms with Crippen molar-refractivity contribution < 1.29 is 4.42 Å². The molecule has 1 N–H and O–H groups in total. The van der Waals surface area contributed by atoms with Gasteiger partial charge in [0.05, 0.1) is 22.1 Å². The topological polar surface area (TPSA) is 59.8 Å². The van der Waals surface area contributed by atoms with Crippen molar-refractivity contribution >= 4 is 77.3 Å². The Morgan fingerprint density at radius 3 is 1.81 bits per heavy atom. The highest BCUT2D eigenvalue weighted by Gasteiger charge is 2.25. The molecule has 0 aliphatic carbocycles. The number of benzene rings is 8. The molecule has 6 nitrogen and oxygen atoms in total. The van der Waals surface area contributed by atoms with Crippen LogP contribution < -0.4 is 5.32 Å². The van der Waals surface area contributed by atoms with Gasteiger partial charge in [0.1, 0.15) is 23.2 Å². The molecular weight excluding hydrogens is 699 g/mol. The van der Waals surface area contributed by atoms with Gasteiger partial charge in [-0.05, 0) is 77.4 Å². The highest BCUT2D eigenvalue weighted by Crippen LogP contribution is 2.37. The number of furan rings is 1. The highest BCUT2D eigenvalue weighted by atomic mass is 16.3. The van der Waals surface area contributed by atoms with Gasteiger partial charge in [-0.25, -0.2) is 4.99 Å². The summed E-state index contributed by atoms with van der Waals surface area (Å²) in [5.74, 6) is 1.40. The average molecular weight is 732 g/mol. The van der Waals surface area contributed by atoms with Crippen LogP contribution >= 0.6 is 0 Å². The van der Waals surface area contributed by atoms with Gasteiger partial charge in [-0.15, -0.1) is 0 Å². The van der Waals surface area contributed by atoms with Crippen molar-refractivity contribution in [2.45, 2.75) is 6.17 Å². The molecule has 0 radical (unpaired) electrons. The molecule has 0 bridgehead atoms. The van der Waals surface area contributed by atoms with Crippen LogP contribution in [0.1, 0.15) is 17.3 Å². The van der Waals surface area contributed by atoms with E-state index in [1.165, 1.54) is 16.3 Å². The summed E-state index contributed by atoms with van der Waals surface area (Å²) in [7, 11) is 0. The standard InChI is InChI=1S/C51H33N5O/c1-3-13-32(14-4-1)49-52-50(35-23-26-39-37-17-7-10-20-43(37)55(46(39)31-35)36-15-5-2-6-16-36)54-51(53-49)56-44-21-11-8-18-38(44)41-29-33(24-27-45(41)56)34-25-28-48-42(30-34)40-19-9-12-22-47(40)57-48/h1-31,49H,(H,52,53,54). The largest absolute Gasteiger partial charge is 0.456 e. The zero-order chi connectivity index (χ0) is 37.5. The quantitative estimate of drug-likeness (QED) is 0.196. The molecule has 268 valence electrons. The first kappa shape index (κ1) is 31.6. The number of aromatic nitrogens is 2. The fraction of sp³-hybridized carbons (Fsp3) is 0.0196. The number of hydrogen-bond acceptors (Lipinski definition) is 4. The lowest BCUT2D eigenvalue weighted by molar-refractivity contribution is 0.668. The third kappa shape index (κ3) is 4.97. The van der Waals surface area contributed by atoms with Crippen molar-refractivity contribution in [2.75, 3.05) is 0 Å². The predicted octanol–water partition coefficient (Wildman–Crippen LogP) is 12.4. The molecule has 1 aliphatic heterocycles. The summed E-state index contributed by atoms with van der Waals surface area (Å²) in [6.45, 7) is 0. The lowest BCUT2D eigenvalue weighted by atomic mass is 10.0. The van der Waals surface area contributed by atoms with Gasteiger partial charge in [-0.1, -0.05) is 127 Å². The molecular formula is C51H33N5O. The van der Waals surface area contributed by atoms with Gasteiger partial charge in [0.15, 0.2) is 0 Å². The first-order valence-electron chi connectivity index (χ1n) is 19.3. The first-order valence-corrected chi connectivity index (χ1v) is 19.3. The van der Waals surface area contributed by atoms with E-state index in [-0.39, 0.29) is 6.17 Å². The van der Waals surface area contributed by atoms with Gasteiger partial charge in [0.2, 0.25) is 5.96 Å². The molecule has 1 aliphatic rings. The SMILES string of the molecule is c1ccc(C2N=C(n3c4ccccc4c4cc(-c5ccc6oc7ccccc7c6c5)ccc43)N=C(c3ccc4c5ccccc5n(-c5ccccc5)c4c3)N2)cc1. The van der Waals surface area contributed by atoms with E-state index in [9.17, 15) is 0 Å². The van der Waals surface area contributed by atoms with E-state index < -0.39 is 0 Å². The van der Waals surface area contributed by atoms with Crippen LogP contribution in [0.2, 0.25) is 0 Å². The minimum absolute atomic E-state index is 0.351. The fourth-order valence-electron chi connectivity index (χ4n) is 8.73. The van der Waals surface area contributed by atoms with Crippen molar-refractivity contribution in [3.8, 4) is 16.8 Å². The van der Waals surface area contributed by atoms with Crippen LogP contribution in [0.15, 0.2) is 202 Å². The minimum Gasteiger partial charge on any atom is -0.456 e. The van der Waals surface area contributed by atoms with Crippen molar-refractivity contribution in [1.82, 2.24) is 14.5 Å². The van der Waals surface area contributed by atoms with E-state index in [0.29, 0.717) is 5.96 Å². The highest BCUT2D eigenvalue weighted by molar-refractivity contribution is 6.19. The van der Waals surface area contributed by atoms with Crippen LogP contribution in [0.25, 0.3) is 82.4 Å². The molecule has 4 heterocycles. The number of amidine groups is 1. The number of rotatable bonds is 4.